The van der Waals surface area contributed by atoms with Gasteiger partial charge in [-0.05, 0) is 40.0 Å². The summed E-state index contributed by atoms with van der Waals surface area (Å²) in [6.07, 6.45) is 4.55. The molecule has 0 radical (unpaired) electrons. The van der Waals surface area contributed by atoms with Crippen molar-refractivity contribution in [2.75, 3.05) is 6.54 Å². The van der Waals surface area contributed by atoms with Crippen LogP contribution in [0.2, 0.25) is 0 Å². The molecule has 0 spiro atoms. The Bertz CT molecular complexity index is 244. The predicted octanol–water partition coefficient (Wildman–Crippen LogP) is 2.43. The lowest BCUT2D eigenvalue weighted by Gasteiger charge is -2.31. The lowest BCUT2D eigenvalue weighted by Crippen LogP contribution is -2.48. The lowest BCUT2D eigenvalue weighted by molar-refractivity contribution is 0.0520. The van der Waals surface area contributed by atoms with Gasteiger partial charge in [-0.1, -0.05) is 13.3 Å². The first-order valence-corrected chi connectivity index (χ1v) is 6.63. The van der Waals surface area contributed by atoms with Gasteiger partial charge in [-0.25, -0.2) is 4.79 Å². The number of carbonyl (C=O) groups excluding carboxylic acids is 1. The van der Waals surface area contributed by atoms with Crippen LogP contribution in [0.5, 0.6) is 0 Å². The van der Waals surface area contributed by atoms with E-state index in [1.165, 1.54) is 19.3 Å². The summed E-state index contributed by atoms with van der Waals surface area (Å²) < 4.78 is 5.20. The van der Waals surface area contributed by atoms with Gasteiger partial charge in [0.1, 0.15) is 5.60 Å². The van der Waals surface area contributed by atoms with E-state index in [0.717, 1.165) is 6.42 Å². The van der Waals surface area contributed by atoms with Crippen LogP contribution in [-0.2, 0) is 4.74 Å². The molecule has 2 N–H and O–H groups in total. The van der Waals surface area contributed by atoms with Gasteiger partial charge in [0.25, 0.3) is 0 Å². The topological polar surface area (TPSA) is 50.4 Å². The molecule has 1 rings (SSSR count). The zero-order valence-corrected chi connectivity index (χ0v) is 11.5. The summed E-state index contributed by atoms with van der Waals surface area (Å²) in [5, 5.41) is 6.37. The van der Waals surface area contributed by atoms with E-state index < -0.39 is 5.60 Å². The minimum absolute atomic E-state index is 0.327. The molecule has 0 bridgehead atoms. The minimum Gasteiger partial charge on any atom is -0.444 e. The average Bonchev–Trinajstić information content (AvgIpc) is 2.12. The number of carbonyl (C=O) groups is 1. The highest BCUT2D eigenvalue weighted by atomic mass is 16.6. The van der Waals surface area contributed by atoms with E-state index in [1.54, 1.807) is 0 Å². The Balaban J connectivity index is 2.19. The molecule has 1 atom stereocenters. The van der Waals surface area contributed by atoms with Gasteiger partial charge in [0, 0.05) is 18.6 Å². The highest BCUT2D eigenvalue weighted by molar-refractivity contribution is 5.67. The predicted molar refractivity (Wildman–Crippen MR) is 69.1 cm³/mol. The summed E-state index contributed by atoms with van der Waals surface area (Å²) in [5.41, 5.74) is -0.423. The SMILES string of the molecule is CCC(CNC(=O)OC(C)(C)C)NC1CCC1. The third-order valence-electron chi connectivity index (χ3n) is 2.96. The molecule has 1 fully saturated rings. The van der Waals surface area contributed by atoms with E-state index in [0.29, 0.717) is 18.6 Å². The first kappa shape index (κ1) is 14.3. The Morgan fingerprint density at radius 2 is 2.06 bits per heavy atom. The van der Waals surface area contributed by atoms with Gasteiger partial charge in [-0.3, -0.25) is 0 Å². The fourth-order valence-corrected chi connectivity index (χ4v) is 1.75. The van der Waals surface area contributed by atoms with E-state index in [2.05, 4.69) is 17.6 Å². The maximum absolute atomic E-state index is 11.5. The molecule has 4 nitrogen and oxygen atoms in total. The number of nitrogens with one attached hydrogen (secondary N) is 2. The summed E-state index contributed by atoms with van der Waals surface area (Å²) in [5.74, 6) is 0. The number of hydrogen-bond acceptors (Lipinski definition) is 3. The molecule has 1 aliphatic rings. The molecule has 4 heteroatoms. The lowest BCUT2D eigenvalue weighted by atomic mass is 9.92. The Labute approximate surface area is 104 Å². The summed E-state index contributed by atoms with van der Waals surface area (Å²) in [6.45, 7) is 8.39. The summed E-state index contributed by atoms with van der Waals surface area (Å²) >= 11 is 0. The Kier molecular flexibility index (Phi) is 5.25. The first-order chi connectivity index (χ1) is 7.90. The molecule has 100 valence electrons. The van der Waals surface area contributed by atoms with Crippen LogP contribution >= 0.6 is 0 Å². The first-order valence-electron chi connectivity index (χ1n) is 6.63. The molecule has 0 heterocycles. The number of amides is 1. The second kappa shape index (κ2) is 6.24. The highest BCUT2D eigenvalue weighted by Gasteiger charge is 2.21. The van der Waals surface area contributed by atoms with Gasteiger partial charge in [0.15, 0.2) is 0 Å². The fourth-order valence-electron chi connectivity index (χ4n) is 1.75. The van der Waals surface area contributed by atoms with Gasteiger partial charge in [0.2, 0.25) is 0 Å². The number of rotatable bonds is 5. The molecule has 0 aliphatic heterocycles. The van der Waals surface area contributed by atoms with E-state index >= 15 is 0 Å². The monoisotopic (exact) mass is 242 g/mol. The quantitative estimate of drug-likeness (QED) is 0.778. The van der Waals surface area contributed by atoms with Crippen molar-refractivity contribution in [3.05, 3.63) is 0 Å². The van der Waals surface area contributed by atoms with Crippen LogP contribution in [0.1, 0.15) is 53.4 Å². The zero-order chi connectivity index (χ0) is 12.9. The standard InChI is InChI=1S/C13H26N2O2/c1-5-10(15-11-7-6-8-11)9-14-12(16)17-13(2,3)4/h10-11,15H,5-9H2,1-4H3,(H,14,16). The second-order valence-electron chi connectivity index (χ2n) is 5.78. The fraction of sp³-hybridized carbons (Fsp3) is 0.923. The maximum Gasteiger partial charge on any atom is 0.407 e. The van der Waals surface area contributed by atoms with E-state index in [-0.39, 0.29) is 6.09 Å². The van der Waals surface area contributed by atoms with Crippen molar-refractivity contribution in [2.45, 2.75) is 71.1 Å². The number of alkyl carbamates (subject to hydrolysis) is 1. The van der Waals surface area contributed by atoms with Crippen LogP contribution in [0.3, 0.4) is 0 Å². The summed E-state index contributed by atoms with van der Waals surface area (Å²) in [4.78, 5) is 11.5. The average molecular weight is 242 g/mol. The molecule has 17 heavy (non-hydrogen) atoms. The van der Waals surface area contributed by atoms with Crippen molar-refractivity contribution in [1.29, 1.82) is 0 Å². The Hall–Kier alpha value is -0.770. The van der Waals surface area contributed by atoms with Gasteiger partial charge in [0.05, 0.1) is 0 Å². The van der Waals surface area contributed by atoms with Crippen LogP contribution in [0.15, 0.2) is 0 Å². The molecule has 1 aliphatic carbocycles. The number of hydrogen-bond donors (Lipinski definition) is 2. The maximum atomic E-state index is 11.5. The Morgan fingerprint density at radius 3 is 2.47 bits per heavy atom. The van der Waals surface area contributed by atoms with Crippen LogP contribution in [0.4, 0.5) is 4.79 Å². The second-order valence-corrected chi connectivity index (χ2v) is 5.78. The van der Waals surface area contributed by atoms with Gasteiger partial charge < -0.3 is 15.4 Å². The molecule has 0 saturated heterocycles. The van der Waals surface area contributed by atoms with Crippen LogP contribution < -0.4 is 10.6 Å². The van der Waals surface area contributed by atoms with Gasteiger partial charge >= 0.3 is 6.09 Å². The zero-order valence-electron chi connectivity index (χ0n) is 11.5. The molecule has 1 saturated carbocycles. The van der Waals surface area contributed by atoms with Crippen LogP contribution in [-0.4, -0.2) is 30.3 Å². The Morgan fingerprint density at radius 1 is 1.41 bits per heavy atom. The molecule has 1 unspecified atom stereocenters. The van der Waals surface area contributed by atoms with Crippen LogP contribution in [0, 0.1) is 0 Å². The molecule has 0 aromatic rings. The van der Waals surface area contributed by atoms with Crippen molar-refractivity contribution in [1.82, 2.24) is 10.6 Å². The highest BCUT2D eigenvalue weighted by Crippen LogP contribution is 2.18. The molecule has 1 amide bonds. The van der Waals surface area contributed by atoms with Crippen molar-refractivity contribution >= 4 is 6.09 Å². The normalized spacial score (nSPS) is 18.4. The van der Waals surface area contributed by atoms with Gasteiger partial charge in [-0.15, -0.1) is 0 Å². The van der Waals surface area contributed by atoms with Crippen molar-refractivity contribution in [3.8, 4) is 0 Å². The third kappa shape index (κ3) is 5.91. The molecule has 0 aromatic heterocycles. The molecule has 0 aromatic carbocycles. The van der Waals surface area contributed by atoms with Crippen molar-refractivity contribution in [2.24, 2.45) is 0 Å². The van der Waals surface area contributed by atoms with Crippen molar-refractivity contribution < 1.29 is 9.53 Å². The summed E-state index contributed by atoms with van der Waals surface area (Å²) in [7, 11) is 0. The molecular weight excluding hydrogens is 216 g/mol. The van der Waals surface area contributed by atoms with E-state index in [9.17, 15) is 4.79 Å². The summed E-state index contributed by atoms with van der Waals surface area (Å²) in [6, 6.07) is 1.01. The van der Waals surface area contributed by atoms with Crippen LogP contribution in [0.25, 0.3) is 0 Å². The van der Waals surface area contributed by atoms with E-state index in [1.807, 2.05) is 20.8 Å². The number of ether oxygens (including phenoxy) is 1. The van der Waals surface area contributed by atoms with Gasteiger partial charge in [-0.2, -0.15) is 0 Å². The smallest absolute Gasteiger partial charge is 0.407 e. The third-order valence-corrected chi connectivity index (χ3v) is 2.96. The van der Waals surface area contributed by atoms with E-state index in [4.69, 9.17) is 4.74 Å². The van der Waals surface area contributed by atoms with Crippen molar-refractivity contribution in [3.63, 3.8) is 0 Å². The minimum atomic E-state index is -0.423. The molecular formula is C13H26N2O2. The largest absolute Gasteiger partial charge is 0.444 e.